The number of carboxylic acids is 1. The van der Waals surface area contributed by atoms with Gasteiger partial charge in [-0.1, -0.05) is 0 Å². The van der Waals surface area contributed by atoms with Crippen molar-refractivity contribution >= 4 is 26.6 Å². The maximum absolute atomic E-state index is 13.5. The third kappa shape index (κ3) is 4.11. The summed E-state index contributed by atoms with van der Waals surface area (Å²) in [6.45, 7) is 3.01. The molecule has 1 aromatic carbocycles. The van der Waals surface area contributed by atoms with Crippen molar-refractivity contribution in [2.75, 3.05) is 11.5 Å². The molecule has 0 bridgehead atoms. The highest BCUT2D eigenvalue weighted by atomic mass is 32.2. The van der Waals surface area contributed by atoms with E-state index in [1.165, 1.54) is 13.8 Å². The summed E-state index contributed by atoms with van der Waals surface area (Å²) in [4.78, 5) is 10.5. The van der Waals surface area contributed by atoms with Gasteiger partial charge in [-0.3, -0.25) is 4.21 Å². The van der Waals surface area contributed by atoms with Gasteiger partial charge >= 0.3 is 5.97 Å². The monoisotopic (exact) mass is 322 g/mol. The fourth-order valence-electron chi connectivity index (χ4n) is 1.35. The van der Waals surface area contributed by atoms with Crippen LogP contribution in [0.25, 0.3) is 0 Å². The molecule has 0 spiro atoms. The molecule has 1 unspecified atom stereocenters. The van der Waals surface area contributed by atoms with Gasteiger partial charge in [0.25, 0.3) is 0 Å². The molecular formula is C12H15FO5S2. The average molecular weight is 322 g/mol. The van der Waals surface area contributed by atoms with Crippen LogP contribution >= 0.6 is 0 Å². The molecule has 0 fully saturated rings. The Hall–Kier alpha value is -1.28. The molecule has 0 radical (unpaired) electrons. The van der Waals surface area contributed by atoms with Crippen LogP contribution < -0.4 is 0 Å². The predicted molar refractivity (Wildman–Crippen MR) is 73.6 cm³/mol. The van der Waals surface area contributed by atoms with Gasteiger partial charge in [-0.05, 0) is 32.0 Å². The number of sulfone groups is 1. The topological polar surface area (TPSA) is 88.5 Å². The van der Waals surface area contributed by atoms with Gasteiger partial charge in [0.05, 0.1) is 32.3 Å². The third-order valence-corrected chi connectivity index (χ3v) is 6.54. The van der Waals surface area contributed by atoms with Crippen LogP contribution in [0.3, 0.4) is 0 Å². The largest absolute Gasteiger partial charge is 0.478 e. The van der Waals surface area contributed by atoms with Crippen molar-refractivity contribution in [3.63, 3.8) is 0 Å². The summed E-state index contributed by atoms with van der Waals surface area (Å²) in [7, 11) is -5.27. The lowest BCUT2D eigenvalue weighted by molar-refractivity contribution is 0.0696. The first-order valence-corrected chi connectivity index (χ1v) is 8.81. The summed E-state index contributed by atoms with van der Waals surface area (Å²) >= 11 is 0. The zero-order chi connectivity index (χ0) is 15.5. The third-order valence-electron chi connectivity index (χ3n) is 2.69. The van der Waals surface area contributed by atoms with E-state index in [0.29, 0.717) is 0 Å². The van der Waals surface area contributed by atoms with Gasteiger partial charge < -0.3 is 5.11 Å². The minimum Gasteiger partial charge on any atom is -0.478 e. The van der Waals surface area contributed by atoms with Crippen LogP contribution in [-0.4, -0.2) is 40.5 Å². The molecule has 0 heterocycles. The highest BCUT2D eigenvalue weighted by molar-refractivity contribution is 7.93. The molecule has 0 saturated carbocycles. The van der Waals surface area contributed by atoms with Gasteiger partial charge in [-0.2, -0.15) is 0 Å². The van der Waals surface area contributed by atoms with Crippen LogP contribution in [0.1, 0.15) is 24.2 Å². The van der Waals surface area contributed by atoms with E-state index in [9.17, 15) is 21.8 Å². The minimum atomic E-state index is -3.37. The summed E-state index contributed by atoms with van der Waals surface area (Å²) < 4.78 is 48.7. The highest BCUT2D eigenvalue weighted by Gasteiger charge is 2.20. The fraction of sp³-hybridized carbons (Fsp3) is 0.417. The van der Waals surface area contributed by atoms with E-state index in [1.54, 1.807) is 0 Å². The van der Waals surface area contributed by atoms with Gasteiger partial charge in [0.1, 0.15) is 5.82 Å². The molecule has 0 aliphatic heterocycles. The normalized spacial score (nSPS) is 13.4. The Labute approximate surface area is 119 Å². The van der Waals surface area contributed by atoms with Gasteiger partial charge in [0, 0.05) is 5.75 Å². The second-order valence-electron chi connectivity index (χ2n) is 4.42. The van der Waals surface area contributed by atoms with Gasteiger partial charge in [-0.15, -0.1) is 0 Å². The highest BCUT2D eigenvalue weighted by Crippen LogP contribution is 2.16. The van der Waals surface area contributed by atoms with Crippen molar-refractivity contribution < 1.29 is 26.9 Å². The second kappa shape index (κ2) is 6.45. The molecule has 0 aliphatic carbocycles. The minimum absolute atomic E-state index is 0.193. The number of aromatic carboxylic acids is 1. The van der Waals surface area contributed by atoms with Crippen LogP contribution in [0.5, 0.6) is 0 Å². The number of hydrogen-bond acceptors (Lipinski definition) is 4. The van der Waals surface area contributed by atoms with Gasteiger partial charge in [0.15, 0.2) is 9.84 Å². The second-order valence-corrected chi connectivity index (χ2v) is 8.63. The van der Waals surface area contributed by atoms with Crippen LogP contribution in [0, 0.1) is 5.82 Å². The maximum atomic E-state index is 13.5. The van der Waals surface area contributed by atoms with E-state index in [1.807, 2.05) is 0 Å². The molecule has 1 aromatic rings. The molecule has 0 saturated heterocycles. The smallest absolute Gasteiger partial charge is 0.335 e. The lowest BCUT2D eigenvalue weighted by Gasteiger charge is -2.08. The first-order valence-electron chi connectivity index (χ1n) is 5.78. The molecule has 0 aliphatic rings. The Morgan fingerprint density at radius 3 is 2.50 bits per heavy atom. The molecule has 8 heteroatoms. The number of carboxylic acid groups (broad SMARTS) is 1. The average Bonchev–Trinajstić information content (AvgIpc) is 2.36. The number of benzene rings is 1. The van der Waals surface area contributed by atoms with Gasteiger partial charge in [-0.25, -0.2) is 17.6 Å². The van der Waals surface area contributed by atoms with Crippen molar-refractivity contribution in [1.82, 2.24) is 0 Å². The van der Waals surface area contributed by atoms with Crippen molar-refractivity contribution in [2.24, 2.45) is 0 Å². The zero-order valence-electron chi connectivity index (χ0n) is 11.0. The van der Waals surface area contributed by atoms with E-state index in [4.69, 9.17) is 5.11 Å². The predicted octanol–water partition coefficient (Wildman–Crippen LogP) is 1.45. The van der Waals surface area contributed by atoms with Gasteiger partial charge in [0.2, 0.25) is 0 Å². The van der Waals surface area contributed by atoms with E-state index in [0.717, 1.165) is 18.2 Å². The van der Waals surface area contributed by atoms with E-state index in [-0.39, 0.29) is 22.0 Å². The summed E-state index contributed by atoms with van der Waals surface area (Å²) in [6, 6.07) is 2.94. The Balaban J connectivity index is 2.93. The standard InChI is InChI=1S/C12H15FO5S2/c1-8(2)20(17,18)6-5-19(16)11-7-9(12(14)15)3-4-10(11)13/h3-4,7-8H,5-6H2,1-2H3,(H,14,15). The van der Waals surface area contributed by atoms with E-state index < -0.39 is 37.7 Å². The molecule has 112 valence electrons. The van der Waals surface area contributed by atoms with Crippen LogP contribution in [-0.2, 0) is 20.6 Å². The summed E-state index contributed by atoms with van der Waals surface area (Å²) in [6.07, 6.45) is 0. The number of rotatable bonds is 6. The fourth-order valence-corrected chi connectivity index (χ4v) is 4.12. The van der Waals surface area contributed by atoms with E-state index >= 15 is 0 Å². The quantitative estimate of drug-likeness (QED) is 0.856. The van der Waals surface area contributed by atoms with Crippen molar-refractivity contribution in [3.8, 4) is 0 Å². The first kappa shape index (κ1) is 16.8. The Bertz CT molecular complexity index is 637. The van der Waals surface area contributed by atoms with E-state index in [2.05, 4.69) is 0 Å². The molecule has 5 nitrogen and oxygen atoms in total. The molecular weight excluding hydrogens is 307 g/mol. The molecule has 1 atom stereocenters. The Morgan fingerprint density at radius 2 is 2.00 bits per heavy atom. The number of halogens is 1. The lowest BCUT2D eigenvalue weighted by atomic mass is 10.2. The summed E-state index contributed by atoms with van der Waals surface area (Å²) in [5.74, 6) is -2.68. The molecule has 1 N–H and O–H groups in total. The van der Waals surface area contributed by atoms with Crippen LogP contribution in [0.4, 0.5) is 4.39 Å². The molecule has 0 aromatic heterocycles. The van der Waals surface area contributed by atoms with Crippen LogP contribution in [0.2, 0.25) is 0 Å². The summed E-state index contributed by atoms with van der Waals surface area (Å²) in [5, 5.41) is 8.19. The van der Waals surface area contributed by atoms with Crippen molar-refractivity contribution in [2.45, 2.75) is 24.0 Å². The first-order chi connectivity index (χ1) is 9.15. The SMILES string of the molecule is CC(C)S(=O)(=O)CCS(=O)c1cc(C(=O)O)ccc1F. The molecule has 1 rings (SSSR count). The summed E-state index contributed by atoms with van der Waals surface area (Å²) in [5.41, 5.74) is -0.193. The number of carbonyl (C=O) groups is 1. The maximum Gasteiger partial charge on any atom is 0.335 e. The van der Waals surface area contributed by atoms with Crippen LogP contribution in [0.15, 0.2) is 23.1 Å². The lowest BCUT2D eigenvalue weighted by Crippen LogP contribution is -2.22. The zero-order valence-corrected chi connectivity index (χ0v) is 12.6. The number of hydrogen-bond donors (Lipinski definition) is 1. The van der Waals surface area contributed by atoms with Crippen molar-refractivity contribution in [1.29, 1.82) is 0 Å². The molecule has 20 heavy (non-hydrogen) atoms. The Morgan fingerprint density at radius 1 is 1.40 bits per heavy atom. The molecule has 0 amide bonds. The Kier molecular flexibility index (Phi) is 5.41. The van der Waals surface area contributed by atoms with Crippen molar-refractivity contribution in [3.05, 3.63) is 29.6 Å².